The number of aliphatic carboxylic acids is 1. The van der Waals surface area contributed by atoms with Crippen LogP contribution < -0.4 is 10.1 Å². The van der Waals surface area contributed by atoms with E-state index in [0.29, 0.717) is 24.3 Å². The van der Waals surface area contributed by atoms with E-state index in [2.05, 4.69) is 10.2 Å². The zero-order valence-electron chi connectivity index (χ0n) is 19.9. The molecule has 2 aromatic rings. The lowest BCUT2D eigenvalue weighted by Crippen LogP contribution is -2.51. The van der Waals surface area contributed by atoms with E-state index in [4.69, 9.17) is 27.9 Å². The Kier molecular flexibility index (Phi) is 10.0. The Morgan fingerprint density at radius 2 is 1.97 bits per heavy atom. The molecule has 2 N–H and O–H groups in total. The fourth-order valence-corrected chi connectivity index (χ4v) is 7.68. The molecule has 0 unspecified atom stereocenters. The Morgan fingerprint density at radius 3 is 2.56 bits per heavy atom. The molecule has 2 atom stereocenters. The van der Waals surface area contributed by atoms with Crippen LogP contribution in [0.4, 0.5) is 0 Å². The number of nitrogens with zero attached hydrogens (tertiary/aromatic N) is 2. The summed E-state index contributed by atoms with van der Waals surface area (Å²) in [6.07, 6.45) is 1.64. The van der Waals surface area contributed by atoms with Crippen LogP contribution in [0.1, 0.15) is 24.8 Å². The number of carbonyl (C=O) groups is 2. The number of halogens is 2. The van der Waals surface area contributed by atoms with Gasteiger partial charge in [-0.05, 0) is 57.1 Å². The molecule has 1 aliphatic rings. The number of carboxylic acid groups (broad SMARTS) is 1. The second-order valence-corrected chi connectivity index (χ2v) is 12.9. The summed E-state index contributed by atoms with van der Waals surface area (Å²) in [6, 6.07) is 6.00. The quantitative estimate of drug-likeness (QED) is 0.371. The first-order valence-electron chi connectivity index (χ1n) is 11.4. The standard InChI is InChI=1S/C23H29Cl2N3O6S2/c1-27(2)10-4-12-34-16-8-6-15(7-9-16)13-17(23(30)31)26-22(29)18-5-3-11-28(18)36(32,33)19-14-20(24)35-21(19)25/h6-9,14,17-18H,3-5,10-13H2,1-2H3,(H,26,29)(H,30,31)/t17-,18-/m0/s1. The van der Waals surface area contributed by atoms with Gasteiger partial charge in [0.25, 0.3) is 0 Å². The summed E-state index contributed by atoms with van der Waals surface area (Å²) in [5, 5.41) is 12.2. The van der Waals surface area contributed by atoms with E-state index in [1.54, 1.807) is 24.3 Å². The Labute approximate surface area is 225 Å². The number of hydrogen-bond acceptors (Lipinski definition) is 7. The second-order valence-electron chi connectivity index (χ2n) is 8.72. The van der Waals surface area contributed by atoms with Gasteiger partial charge < -0.3 is 20.1 Å². The summed E-state index contributed by atoms with van der Waals surface area (Å²) >= 11 is 12.9. The molecule has 9 nitrogen and oxygen atoms in total. The number of rotatable bonds is 12. The molecule has 1 amide bonds. The van der Waals surface area contributed by atoms with Crippen molar-refractivity contribution in [2.45, 2.75) is 42.7 Å². The smallest absolute Gasteiger partial charge is 0.326 e. The molecule has 0 spiro atoms. The zero-order chi connectivity index (χ0) is 26.5. The van der Waals surface area contributed by atoms with Crippen LogP contribution >= 0.6 is 34.5 Å². The van der Waals surface area contributed by atoms with Crippen LogP contribution in [-0.4, -0.2) is 80.5 Å². The first-order chi connectivity index (χ1) is 17.0. The van der Waals surface area contributed by atoms with Crippen LogP contribution in [0.3, 0.4) is 0 Å². The fraction of sp³-hybridized carbons (Fsp3) is 0.478. The minimum absolute atomic E-state index is 0.0135. The summed E-state index contributed by atoms with van der Waals surface area (Å²) in [5.74, 6) is -1.21. The number of carbonyl (C=O) groups excluding carboxylic acids is 1. The van der Waals surface area contributed by atoms with Crippen LogP contribution in [0, 0.1) is 0 Å². The molecule has 1 saturated heterocycles. The van der Waals surface area contributed by atoms with Crippen molar-refractivity contribution in [1.82, 2.24) is 14.5 Å². The van der Waals surface area contributed by atoms with E-state index in [9.17, 15) is 23.1 Å². The number of amides is 1. The lowest BCUT2D eigenvalue weighted by atomic mass is 10.1. The third kappa shape index (κ3) is 7.33. The van der Waals surface area contributed by atoms with Gasteiger partial charge in [0, 0.05) is 19.5 Å². The highest BCUT2D eigenvalue weighted by atomic mass is 35.5. The molecular formula is C23H29Cl2N3O6S2. The average Bonchev–Trinajstić information content (AvgIpc) is 3.44. The zero-order valence-corrected chi connectivity index (χ0v) is 23.1. The molecule has 3 rings (SSSR count). The molecule has 0 radical (unpaired) electrons. The lowest BCUT2D eigenvalue weighted by molar-refractivity contribution is -0.142. The molecule has 1 aromatic carbocycles. The van der Waals surface area contributed by atoms with Gasteiger partial charge >= 0.3 is 5.97 Å². The first-order valence-corrected chi connectivity index (χ1v) is 14.4. The molecule has 0 saturated carbocycles. The third-order valence-corrected chi connectivity index (χ3v) is 9.38. The predicted molar refractivity (Wildman–Crippen MR) is 140 cm³/mol. The maximum absolute atomic E-state index is 13.1. The summed E-state index contributed by atoms with van der Waals surface area (Å²) < 4.78 is 33.3. The van der Waals surface area contributed by atoms with Crippen molar-refractivity contribution in [3.63, 3.8) is 0 Å². The van der Waals surface area contributed by atoms with Crippen molar-refractivity contribution in [3.8, 4) is 5.75 Å². The van der Waals surface area contributed by atoms with E-state index in [-0.39, 0.29) is 33.0 Å². The van der Waals surface area contributed by atoms with E-state index in [1.165, 1.54) is 6.07 Å². The molecule has 1 fully saturated rings. The maximum Gasteiger partial charge on any atom is 0.326 e. The van der Waals surface area contributed by atoms with Crippen LogP contribution in [0.15, 0.2) is 35.2 Å². The van der Waals surface area contributed by atoms with Gasteiger partial charge in [-0.1, -0.05) is 35.3 Å². The number of sulfonamides is 1. The topological polar surface area (TPSA) is 116 Å². The van der Waals surface area contributed by atoms with Gasteiger partial charge in [-0.3, -0.25) is 4.79 Å². The van der Waals surface area contributed by atoms with E-state index >= 15 is 0 Å². The maximum atomic E-state index is 13.1. The van der Waals surface area contributed by atoms with Crippen LogP contribution in [-0.2, 0) is 26.0 Å². The van der Waals surface area contributed by atoms with Gasteiger partial charge in [-0.15, -0.1) is 11.3 Å². The Balaban J connectivity index is 1.64. The monoisotopic (exact) mass is 577 g/mol. The largest absolute Gasteiger partial charge is 0.494 e. The second kappa shape index (κ2) is 12.6. The van der Waals surface area contributed by atoms with Gasteiger partial charge in [0.1, 0.15) is 27.1 Å². The van der Waals surface area contributed by atoms with Crippen molar-refractivity contribution >= 4 is 56.4 Å². The SMILES string of the molecule is CN(C)CCCOc1ccc(C[C@H](NC(=O)[C@@H]2CCCN2S(=O)(=O)c2cc(Cl)sc2Cl)C(=O)O)cc1. The molecular weight excluding hydrogens is 549 g/mol. The van der Waals surface area contributed by atoms with Gasteiger partial charge in [0.2, 0.25) is 15.9 Å². The molecule has 1 aliphatic heterocycles. The first kappa shape index (κ1) is 28.7. The number of carboxylic acids is 1. The molecule has 198 valence electrons. The van der Waals surface area contributed by atoms with Crippen molar-refractivity contribution in [2.75, 3.05) is 33.8 Å². The van der Waals surface area contributed by atoms with Crippen molar-refractivity contribution in [2.24, 2.45) is 0 Å². The van der Waals surface area contributed by atoms with Crippen molar-refractivity contribution in [3.05, 3.63) is 44.6 Å². The van der Waals surface area contributed by atoms with Crippen LogP contribution in [0.25, 0.3) is 0 Å². The van der Waals surface area contributed by atoms with Gasteiger partial charge in [-0.25, -0.2) is 13.2 Å². The average molecular weight is 579 g/mol. The van der Waals surface area contributed by atoms with Crippen LogP contribution in [0.5, 0.6) is 5.75 Å². The minimum atomic E-state index is -4.07. The molecule has 0 aliphatic carbocycles. The minimum Gasteiger partial charge on any atom is -0.494 e. The van der Waals surface area contributed by atoms with Crippen LogP contribution in [0.2, 0.25) is 8.67 Å². The van der Waals surface area contributed by atoms with Crippen molar-refractivity contribution in [1.29, 1.82) is 0 Å². The summed E-state index contributed by atoms with van der Waals surface area (Å²) in [6.45, 7) is 1.60. The van der Waals surface area contributed by atoms with E-state index in [1.807, 2.05) is 14.1 Å². The molecule has 13 heteroatoms. The Morgan fingerprint density at radius 1 is 1.28 bits per heavy atom. The van der Waals surface area contributed by atoms with Gasteiger partial charge in [0.05, 0.1) is 10.9 Å². The Hall–Kier alpha value is -1.89. The lowest BCUT2D eigenvalue weighted by Gasteiger charge is -2.25. The summed E-state index contributed by atoms with van der Waals surface area (Å²) in [4.78, 5) is 26.8. The fourth-order valence-electron chi connectivity index (χ4n) is 3.91. The number of thiophene rings is 1. The van der Waals surface area contributed by atoms with Crippen molar-refractivity contribution < 1.29 is 27.9 Å². The molecule has 1 aromatic heterocycles. The number of ether oxygens (including phenoxy) is 1. The number of nitrogens with one attached hydrogen (secondary N) is 1. The summed E-state index contributed by atoms with van der Waals surface area (Å²) in [7, 11) is -0.0925. The van der Waals surface area contributed by atoms with E-state index in [0.717, 1.165) is 28.6 Å². The molecule has 36 heavy (non-hydrogen) atoms. The van der Waals surface area contributed by atoms with Gasteiger partial charge in [0.15, 0.2) is 0 Å². The highest BCUT2D eigenvalue weighted by Crippen LogP contribution is 2.37. The highest BCUT2D eigenvalue weighted by Gasteiger charge is 2.41. The predicted octanol–water partition coefficient (Wildman–Crippen LogP) is 3.35. The highest BCUT2D eigenvalue weighted by molar-refractivity contribution is 7.89. The Bertz CT molecular complexity index is 1170. The molecule has 2 heterocycles. The van der Waals surface area contributed by atoms with Gasteiger partial charge in [-0.2, -0.15) is 4.31 Å². The van der Waals surface area contributed by atoms with E-state index < -0.39 is 34.0 Å². The molecule has 0 bridgehead atoms. The normalized spacial score (nSPS) is 17.3. The number of benzene rings is 1. The summed E-state index contributed by atoms with van der Waals surface area (Å²) in [5.41, 5.74) is 0.693. The number of hydrogen-bond donors (Lipinski definition) is 2. The third-order valence-electron chi connectivity index (χ3n) is 5.71.